The molecule has 162 valence electrons. The van der Waals surface area contributed by atoms with E-state index in [4.69, 9.17) is 4.74 Å². The van der Waals surface area contributed by atoms with Crippen LogP contribution in [-0.4, -0.2) is 12.7 Å². The van der Waals surface area contributed by atoms with E-state index in [1.54, 1.807) is 18.2 Å². The van der Waals surface area contributed by atoms with Gasteiger partial charge in [-0.3, -0.25) is 0 Å². The summed E-state index contributed by atoms with van der Waals surface area (Å²) in [5.41, 5.74) is 2.32. The first-order chi connectivity index (χ1) is 14.6. The smallest absolute Gasteiger partial charge is 0.166 e. The van der Waals surface area contributed by atoms with Gasteiger partial charge in [0.25, 0.3) is 0 Å². The first-order valence-corrected chi connectivity index (χ1v) is 11.0. The normalized spacial score (nSPS) is 12.4. The SMILES string of the molecule is C=CCc1ccc(-c2ccc(/C=C/CCCC(C)OCCCCC)cc2)c(F)c1F. The summed E-state index contributed by atoms with van der Waals surface area (Å²) in [6.45, 7) is 8.77. The highest BCUT2D eigenvalue weighted by Crippen LogP contribution is 2.27. The molecule has 0 aliphatic heterocycles. The summed E-state index contributed by atoms with van der Waals surface area (Å²) in [5.74, 6) is -1.59. The lowest BCUT2D eigenvalue weighted by atomic mass is 10.00. The van der Waals surface area contributed by atoms with E-state index in [9.17, 15) is 8.78 Å². The van der Waals surface area contributed by atoms with Crippen molar-refractivity contribution in [2.45, 2.75) is 64.9 Å². The van der Waals surface area contributed by atoms with Gasteiger partial charge in [0, 0.05) is 12.2 Å². The molecule has 2 aromatic carbocycles. The third-order valence-corrected chi connectivity index (χ3v) is 5.19. The Kier molecular flexibility index (Phi) is 10.5. The van der Waals surface area contributed by atoms with Gasteiger partial charge in [-0.2, -0.15) is 0 Å². The molecule has 0 aromatic heterocycles. The van der Waals surface area contributed by atoms with E-state index in [-0.39, 0.29) is 5.56 Å². The molecule has 0 fully saturated rings. The molecular weight excluding hydrogens is 378 g/mol. The zero-order valence-electron chi connectivity index (χ0n) is 18.3. The Bertz CT molecular complexity index is 808. The van der Waals surface area contributed by atoms with Crippen molar-refractivity contribution in [3.8, 4) is 11.1 Å². The fourth-order valence-electron chi connectivity index (χ4n) is 3.36. The Morgan fingerprint density at radius 3 is 2.47 bits per heavy atom. The molecule has 1 atom stereocenters. The monoisotopic (exact) mass is 412 g/mol. The maximum atomic E-state index is 14.4. The summed E-state index contributed by atoms with van der Waals surface area (Å²) in [6, 6.07) is 10.8. The lowest BCUT2D eigenvalue weighted by Crippen LogP contribution is -2.08. The van der Waals surface area contributed by atoms with Crippen LogP contribution in [0.4, 0.5) is 8.78 Å². The largest absolute Gasteiger partial charge is 0.379 e. The lowest BCUT2D eigenvalue weighted by Gasteiger charge is -2.12. The summed E-state index contributed by atoms with van der Waals surface area (Å²) < 4.78 is 34.4. The van der Waals surface area contributed by atoms with Crippen molar-refractivity contribution in [2.75, 3.05) is 6.61 Å². The van der Waals surface area contributed by atoms with Gasteiger partial charge in [-0.15, -0.1) is 6.58 Å². The number of benzene rings is 2. The van der Waals surface area contributed by atoms with Gasteiger partial charge in [-0.1, -0.05) is 74.4 Å². The summed E-state index contributed by atoms with van der Waals surface area (Å²) in [4.78, 5) is 0. The van der Waals surface area contributed by atoms with Crippen LogP contribution in [0.15, 0.2) is 55.1 Å². The van der Waals surface area contributed by atoms with Crippen LogP contribution in [0.2, 0.25) is 0 Å². The number of hydrogen-bond donors (Lipinski definition) is 0. The number of unbranched alkanes of at least 4 members (excludes halogenated alkanes) is 3. The van der Waals surface area contributed by atoms with Crippen molar-refractivity contribution in [1.82, 2.24) is 0 Å². The summed E-state index contributed by atoms with van der Waals surface area (Å²) >= 11 is 0. The number of halogens is 2. The van der Waals surface area contributed by atoms with Crippen molar-refractivity contribution in [1.29, 1.82) is 0 Å². The van der Waals surface area contributed by atoms with Crippen LogP contribution >= 0.6 is 0 Å². The minimum Gasteiger partial charge on any atom is -0.379 e. The third kappa shape index (κ3) is 7.53. The zero-order chi connectivity index (χ0) is 21.8. The summed E-state index contributed by atoms with van der Waals surface area (Å²) in [7, 11) is 0. The number of rotatable bonds is 13. The predicted octanol–water partition coefficient (Wildman–Crippen LogP) is 8.14. The molecule has 2 rings (SSSR count). The highest BCUT2D eigenvalue weighted by Gasteiger charge is 2.13. The molecule has 0 radical (unpaired) electrons. The van der Waals surface area contributed by atoms with Gasteiger partial charge < -0.3 is 4.74 Å². The van der Waals surface area contributed by atoms with Crippen molar-refractivity contribution < 1.29 is 13.5 Å². The maximum absolute atomic E-state index is 14.4. The van der Waals surface area contributed by atoms with E-state index in [0.29, 0.717) is 23.7 Å². The molecule has 0 saturated heterocycles. The minimum atomic E-state index is -0.802. The molecule has 1 unspecified atom stereocenters. The van der Waals surface area contributed by atoms with Crippen LogP contribution in [0.1, 0.15) is 63.5 Å². The average molecular weight is 413 g/mol. The van der Waals surface area contributed by atoms with Crippen molar-refractivity contribution in [3.63, 3.8) is 0 Å². The van der Waals surface area contributed by atoms with Gasteiger partial charge in [0.2, 0.25) is 0 Å². The Morgan fingerprint density at radius 1 is 1.00 bits per heavy atom. The fraction of sp³-hybridized carbons (Fsp3) is 0.407. The van der Waals surface area contributed by atoms with E-state index in [0.717, 1.165) is 37.9 Å². The van der Waals surface area contributed by atoms with E-state index in [1.165, 1.54) is 12.8 Å². The van der Waals surface area contributed by atoms with Crippen LogP contribution in [0.5, 0.6) is 0 Å². The Balaban J connectivity index is 1.83. The molecule has 0 spiro atoms. The van der Waals surface area contributed by atoms with Gasteiger partial charge >= 0.3 is 0 Å². The van der Waals surface area contributed by atoms with Gasteiger partial charge in [0.15, 0.2) is 11.6 Å². The highest BCUT2D eigenvalue weighted by atomic mass is 19.2. The standard InChI is InChI=1S/C27H34F2O/c1-4-6-10-20-30-21(3)12-8-7-9-13-22-14-16-23(17-15-22)25-19-18-24(11-5-2)26(28)27(25)29/h5,9,13-19,21H,2,4,6-8,10-12,20H2,1,3H3/b13-9+. The molecular formula is C27H34F2O. The van der Waals surface area contributed by atoms with E-state index >= 15 is 0 Å². The molecule has 30 heavy (non-hydrogen) atoms. The van der Waals surface area contributed by atoms with Crippen molar-refractivity contribution in [3.05, 3.63) is 77.9 Å². The molecule has 0 heterocycles. The molecule has 3 heteroatoms. The zero-order valence-corrected chi connectivity index (χ0v) is 18.3. The van der Waals surface area contributed by atoms with E-state index in [1.807, 2.05) is 24.3 Å². The van der Waals surface area contributed by atoms with Gasteiger partial charge in [-0.25, -0.2) is 8.78 Å². The third-order valence-electron chi connectivity index (χ3n) is 5.19. The molecule has 2 aromatic rings. The second-order valence-corrected chi connectivity index (χ2v) is 7.74. The van der Waals surface area contributed by atoms with Crippen molar-refractivity contribution in [2.24, 2.45) is 0 Å². The van der Waals surface area contributed by atoms with Crippen molar-refractivity contribution >= 4 is 6.08 Å². The quantitative estimate of drug-likeness (QED) is 0.238. The number of hydrogen-bond acceptors (Lipinski definition) is 1. The maximum Gasteiger partial charge on any atom is 0.166 e. The molecule has 0 N–H and O–H groups in total. The van der Waals surface area contributed by atoms with Gasteiger partial charge in [0.05, 0.1) is 6.10 Å². The minimum absolute atomic E-state index is 0.281. The van der Waals surface area contributed by atoms with Gasteiger partial charge in [-0.05, 0) is 55.7 Å². The summed E-state index contributed by atoms with van der Waals surface area (Å²) in [5, 5.41) is 0. The topological polar surface area (TPSA) is 9.23 Å². The Morgan fingerprint density at radius 2 is 1.77 bits per heavy atom. The van der Waals surface area contributed by atoms with E-state index in [2.05, 4.69) is 32.6 Å². The molecule has 0 aliphatic carbocycles. The van der Waals surface area contributed by atoms with Crippen LogP contribution in [0, 0.1) is 11.6 Å². The first kappa shape index (κ1) is 24.0. The lowest BCUT2D eigenvalue weighted by molar-refractivity contribution is 0.0566. The van der Waals surface area contributed by atoms with Crippen LogP contribution < -0.4 is 0 Å². The fourth-order valence-corrected chi connectivity index (χ4v) is 3.36. The predicted molar refractivity (Wildman–Crippen MR) is 124 cm³/mol. The van der Waals surface area contributed by atoms with Crippen LogP contribution in [-0.2, 0) is 11.2 Å². The first-order valence-electron chi connectivity index (χ1n) is 11.0. The average Bonchev–Trinajstić information content (AvgIpc) is 2.75. The summed E-state index contributed by atoms with van der Waals surface area (Å²) in [6.07, 6.45) is 13.2. The Hall–Kier alpha value is -2.26. The number of ether oxygens (including phenoxy) is 1. The molecule has 1 nitrogen and oxygen atoms in total. The Labute approximate surface area is 180 Å². The molecule has 0 saturated carbocycles. The van der Waals surface area contributed by atoms with Crippen LogP contribution in [0.25, 0.3) is 17.2 Å². The van der Waals surface area contributed by atoms with Crippen LogP contribution in [0.3, 0.4) is 0 Å². The number of allylic oxidation sites excluding steroid dienone is 2. The molecule has 0 bridgehead atoms. The highest BCUT2D eigenvalue weighted by molar-refractivity contribution is 5.67. The van der Waals surface area contributed by atoms with Gasteiger partial charge in [0.1, 0.15) is 0 Å². The second-order valence-electron chi connectivity index (χ2n) is 7.74. The molecule has 0 aliphatic rings. The molecule has 0 amide bonds. The second kappa shape index (κ2) is 13.1. The van der Waals surface area contributed by atoms with E-state index < -0.39 is 11.6 Å².